The molecule has 1 aromatic rings. The Kier molecular flexibility index (Phi) is 7.47. The molecule has 6 nitrogen and oxygen atoms in total. The van der Waals surface area contributed by atoms with Crippen molar-refractivity contribution in [1.82, 2.24) is 4.90 Å². The number of aliphatic hydroxyl groups is 1. The summed E-state index contributed by atoms with van der Waals surface area (Å²) in [6.45, 7) is 6.03. The summed E-state index contributed by atoms with van der Waals surface area (Å²) in [5.74, 6) is 8.97. The molecule has 1 amide bonds. The van der Waals surface area contributed by atoms with E-state index in [2.05, 4.69) is 22.8 Å². The van der Waals surface area contributed by atoms with Gasteiger partial charge in [-0.3, -0.25) is 4.99 Å². The zero-order valence-electron chi connectivity index (χ0n) is 18.1. The fraction of sp³-hybridized carbons (Fsp3) is 0.333. The number of nitrogens with zero attached hydrogens (tertiary/aromatic N) is 3. The van der Waals surface area contributed by atoms with E-state index in [1.54, 1.807) is 40.0 Å². The number of hydrogen-bond acceptors (Lipinski definition) is 5. The molecule has 0 atom stereocenters. The van der Waals surface area contributed by atoms with Crippen molar-refractivity contribution < 1.29 is 14.6 Å². The Morgan fingerprint density at radius 1 is 1.30 bits per heavy atom. The van der Waals surface area contributed by atoms with E-state index in [0.717, 1.165) is 11.3 Å². The third kappa shape index (κ3) is 5.76. The molecule has 1 heterocycles. The monoisotopic (exact) mass is 405 g/mol. The van der Waals surface area contributed by atoms with Gasteiger partial charge in [0.1, 0.15) is 17.1 Å². The number of anilines is 1. The van der Waals surface area contributed by atoms with E-state index < -0.39 is 11.7 Å². The molecule has 0 aromatic heterocycles. The summed E-state index contributed by atoms with van der Waals surface area (Å²) >= 11 is 0. The molecule has 1 aliphatic heterocycles. The normalized spacial score (nSPS) is 16.0. The van der Waals surface area contributed by atoms with Gasteiger partial charge < -0.3 is 14.7 Å². The zero-order valence-corrected chi connectivity index (χ0v) is 18.1. The number of amidine groups is 1. The second kappa shape index (κ2) is 9.82. The summed E-state index contributed by atoms with van der Waals surface area (Å²) in [5.41, 5.74) is 2.16. The molecule has 1 N–H and O–H groups in total. The van der Waals surface area contributed by atoms with Crippen molar-refractivity contribution >= 4 is 17.6 Å². The van der Waals surface area contributed by atoms with Crippen molar-refractivity contribution in [3.05, 3.63) is 53.3 Å². The topological polar surface area (TPSA) is 65.4 Å². The highest BCUT2D eigenvalue weighted by Gasteiger charge is 2.33. The van der Waals surface area contributed by atoms with Gasteiger partial charge in [-0.1, -0.05) is 11.8 Å². The Morgan fingerprint density at radius 3 is 2.50 bits per heavy atom. The summed E-state index contributed by atoms with van der Waals surface area (Å²) in [7, 11) is 3.49. The second-order valence-corrected chi connectivity index (χ2v) is 7.60. The highest BCUT2D eigenvalue weighted by Crippen LogP contribution is 2.25. The number of carbonyl (C=O) groups excluding carboxylic acids is 1. The van der Waals surface area contributed by atoms with Crippen LogP contribution in [0.4, 0.5) is 10.5 Å². The predicted octanol–water partition coefficient (Wildman–Crippen LogP) is 3.19. The molecule has 156 valence electrons. The van der Waals surface area contributed by atoms with Crippen molar-refractivity contribution in [2.45, 2.75) is 26.4 Å². The molecule has 30 heavy (non-hydrogen) atoms. The molecular formula is C24H27N3O3. The minimum Gasteiger partial charge on any atom is -0.443 e. The number of benzene rings is 1. The third-order valence-corrected chi connectivity index (χ3v) is 4.11. The van der Waals surface area contributed by atoms with Gasteiger partial charge in [0.25, 0.3) is 0 Å². The number of carbonyl (C=O) groups is 1. The summed E-state index contributed by atoms with van der Waals surface area (Å²) in [5, 5.41) is 9.06. The molecule has 1 aliphatic rings. The van der Waals surface area contributed by atoms with Gasteiger partial charge in [-0.15, -0.1) is 6.42 Å². The van der Waals surface area contributed by atoms with Crippen molar-refractivity contribution in [3.63, 3.8) is 0 Å². The van der Waals surface area contributed by atoms with Crippen LogP contribution in [0.2, 0.25) is 0 Å². The summed E-state index contributed by atoms with van der Waals surface area (Å²) in [6, 6.07) is 7.63. The first-order valence-electron chi connectivity index (χ1n) is 9.52. The van der Waals surface area contributed by atoms with E-state index in [-0.39, 0.29) is 6.61 Å². The molecular weight excluding hydrogens is 378 g/mol. The Labute approximate surface area is 178 Å². The van der Waals surface area contributed by atoms with E-state index >= 15 is 0 Å². The van der Waals surface area contributed by atoms with Gasteiger partial charge >= 0.3 is 6.09 Å². The number of aliphatic hydroxyl groups excluding tert-OH is 1. The van der Waals surface area contributed by atoms with Crippen LogP contribution in [0.15, 0.2) is 52.7 Å². The molecule has 0 saturated carbocycles. The Balaban J connectivity index is 2.36. The fourth-order valence-electron chi connectivity index (χ4n) is 2.74. The first-order valence-corrected chi connectivity index (χ1v) is 9.52. The molecule has 0 fully saturated rings. The van der Waals surface area contributed by atoms with E-state index in [0.29, 0.717) is 23.7 Å². The number of amides is 1. The van der Waals surface area contributed by atoms with Crippen LogP contribution in [-0.4, -0.2) is 54.8 Å². The van der Waals surface area contributed by atoms with Crippen LogP contribution in [0.5, 0.6) is 0 Å². The molecule has 0 spiro atoms. The summed E-state index contributed by atoms with van der Waals surface area (Å²) < 4.78 is 5.52. The second-order valence-electron chi connectivity index (χ2n) is 7.60. The number of terminal acetylenes is 1. The molecule has 0 unspecified atom stereocenters. The molecule has 0 saturated heterocycles. The lowest BCUT2D eigenvalue weighted by Crippen LogP contribution is -2.37. The molecule has 6 heteroatoms. The lowest BCUT2D eigenvalue weighted by Gasteiger charge is -2.25. The van der Waals surface area contributed by atoms with Crippen molar-refractivity contribution in [2.24, 2.45) is 4.99 Å². The zero-order chi connectivity index (χ0) is 22.3. The number of allylic oxidation sites excluding steroid dienone is 2. The number of aliphatic imine (C=N–C) groups is 1. The average Bonchev–Trinajstić information content (AvgIpc) is 3.03. The van der Waals surface area contributed by atoms with Crippen LogP contribution in [0, 0.1) is 24.2 Å². The Morgan fingerprint density at radius 2 is 1.97 bits per heavy atom. The highest BCUT2D eigenvalue weighted by molar-refractivity contribution is 6.13. The smallest absolute Gasteiger partial charge is 0.421 e. The van der Waals surface area contributed by atoms with E-state index in [1.807, 2.05) is 36.2 Å². The van der Waals surface area contributed by atoms with Gasteiger partial charge in [-0.05, 0) is 63.1 Å². The largest absolute Gasteiger partial charge is 0.443 e. The van der Waals surface area contributed by atoms with Crippen molar-refractivity contribution in [2.75, 3.05) is 32.1 Å². The Bertz CT molecular complexity index is 978. The average molecular weight is 405 g/mol. The van der Waals surface area contributed by atoms with Gasteiger partial charge in [0.2, 0.25) is 0 Å². The lowest BCUT2D eigenvalue weighted by molar-refractivity contribution is 0.0421. The maximum Gasteiger partial charge on any atom is 0.421 e. The predicted molar refractivity (Wildman–Crippen MR) is 120 cm³/mol. The highest BCUT2D eigenvalue weighted by atomic mass is 16.6. The van der Waals surface area contributed by atoms with E-state index in [9.17, 15) is 4.79 Å². The first kappa shape index (κ1) is 22.8. The van der Waals surface area contributed by atoms with Crippen LogP contribution in [0.25, 0.3) is 0 Å². The summed E-state index contributed by atoms with van der Waals surface area (Å²) in [4.78, 5) is 20.3. The van der Waals surface area contributed by atoms with Crippen LogP contribution in [-0.2, 0) is 4.74 Å². The standard InChI is InChI=1S/C24H27N3O3/c1-7-8-19-17-21(27(22(19)25-5)23(29)30-24(2,3)4)14-11-18-9-12-20(13-10-18)26(6)15-16-28/h1,8-10,12-13,17,28H,15-16H2,2-6H3/b19-8-,25-22?. The van der Waals surface area contributed by atoms with Crippen molar-refractivity contribution in [1.29, 1.82) is 0 Å². The molecule has 0 radical (unpaired) electrons. The molecule has 0 bridgehead atoms. The Hall–Kier alpha value is -3.48. The SMILES string of the molecule is C#C/C=C1/C=C(C#Cc2ccc(N(C)CCO)cc2)N(C(=O)OC(C)(C)C)C1=NC. The molecule has 1 aromatic carbocycles. The number of ether oxygens (including phenoxy) is 1. The number of likely N-dealkylation sites (N-methyl/N-ethyl adjacent to an activating group) is 1. The minimum atomic E-state index is -0.663. The van der Waals surface area contributed by atoms with E-state index in [1.165, 1.54) is 4.90 Å². The van der Waals surface area contributed by atoms with Gasteiger partial charge in [0.05, 0.1) is 6.61 Å². The van der Waals surface area contributed by atoms with Crippen LogP contribution in [0.3, 0.4) is 0 Å². The number of rotatable bonds is 3. The van der Waals surface area contributed by atoms with Gasteiger partial charge in [0, 0.05) is 37.5 Å². The van der Waals surface area contributed by atoms with Gasteiger partial charge in [-0.25, -0.2) is 9.69 Å². The molecule has 0 aliphatic carbocycles. The quantitative estimate of drug-likeness (QED) is 0.785. The van der Waals surface area contributed by atoms with Crippen LogP contribution >= 0.6 is 0 Å². The fourth-order valence-corrected chi connectivity index (χ4v) is 2.74. The lowest BCUT2D eigenvalue weighted by atomic mass is 10.2. The maximum absolute atomic E-state index is 12.8. The van der Waals surface area contributed by atoms with E-state index in [4.69, 9.17) is 16.3 Å². The molecule has 2 rings (SSSR count). The first-order chi connectivity index (χ1) is 14.2. The van der Waals surface area contributed by atoms with Crippen LogP contribution in [0.1, 0.15) is 26.3 Å². The summed E-state index contributed by atoms with van der Waals surface area (Å²) in [6.07, 6.45) is 8.12. The maximum atomic E-state index is 12.8. The third-order valence-electron chi connectivity index (χ3n) is 4.11. The van der Waals surface area contributed by atoms with Gasteiger partial charge in [0.15, 0.2) is 0 Å². The van der Waals surface area contributed by atoms with Gasteiger partial charge in [-0.2, -0.15) is 0 Å². The van der Waals surface area contributed by atoms with Crippen LogP contribution < -0.4 is 4.90 Å². The number of hydrogen-bond donors (Lipinski definition) is 1. The van der Waals surface area contributed by atoms with Crippen molar-refractivity contribution in [3.8, 4) is 24.2 Å². The minimum absolute atomic E-state index is 0.0849.